The van der Waals surface area contributed by atoms with Gasteiger partial charge in [0.05, 0.1) is 29.1 Å². The normalized spacial score (nSPS) is 13.7. The van der Waals surface area contributed by atoms with Crippen molar-refractivity contribution in [2.45, 2.75) is 85.5 Å². The molecule has 268 valence electrons. The number of phenolic OH excluding ortho intramolecular Hbond substituents is 1. The zero-order valence-electron chi connectivity index (χ0n) is 37.4. The fourth-order valence-electron chi connectivity index (χ4n) is 6.86. The van der Waals surface area contributed by atoms with Gasteiger partial charge in [-0.15, -0.1) is 0 Å². The summed E-state index contributed by atoms with van der Waals surface area (Å²) in [7, 11) is 0. The number of aromatic nitrogens is 3. The number of rotatable bonds is 5. The summed E-state index contributed by atoms with van der Waals surface area (Å²) in [5.41, 5.74) is 10.0. The summed E-state index contributed by atoms with van der Waals surface area (Å²) in [6.07, 6.45) is 1.84. The molecule has 4 heteroatoms. The zero-order chi connectivity index (χ0) is 42.2. The van der Waals surface area contributed by atoms with E-state index in [9.17, 15) is 5.11 Å². The highest BCUT2D eigenvalue weighted by molar-refractivity contribution is 5.97. The third-order valence-corrected chi connectivity index (χ3v) is 9.94. The number of imidazole rings is 1. The van der Waals surface area contributed by atoms with Crippen LogP contribution in [0.2, 0.25) is 0 Å². The predicted octanol–water partition coefficient (Wildman–Crippen LogP) is 13.0. The van der Waals surface area contributed by atoms with Crippen LogP contribution in [0.3, 0.4) is 0 Å². The van der Waals surface area contributed by atoms with Crippen LogP contribution in [0, 0.1) is 6.92 Å². The van der Waals surface area contributed by atoms with Gasteiger partial charge in [0.1, 0.15) is 11.6 Å². The van der Waals surface area contributed by atoms with Gasteiger partial charge in [-0.05, 0) is 99.5 Å². The first-order valence-corrected chi connectivity index (χ1v) is 18.2. The van der Waals surface area contributed by atoms with Crippen molar-refractivity contribution in [2.75, 3.05) is 0 Å². The maximum atomic E-state index is 12.2. The minimum absolute atomic E-state index is 0.0301. The number of pyridine rings is 1. The van der Waals surface area contributed by atoms with Crippen LogP contribution in [0.25, 0.3) is 61.6 Å². The lowest BCUT2D eigenvalue weighted by molar-refractivity contribution is 0.446. The summed E-state index contributed by atoms with van der Waals surface area (Å²) in [6.45, 7) is 21.1. The molecule has 2 heterocycles. The molecular weight excluding hydrogens is 647 g/mol. The molecule has 7 aromatic rings. The zero-order valence-corrected chi connectivity index (χ0v) is 32.4. The van der Waals surface area contributed by atoms with Crippen molar-refractivity contribution in [3.63, 3.8) is 0 Å². The molecule has 0 radical (unpaired) electrons. The number of hydrogen-bond donors (Lipinski definition) is 1. The number of aryl methyl sites for hydroxylation is 1. The Morgan fingerprint density at radius 1 is 0.623 bits per heavy atom. The summed E-state index contributed by atoms with van der Waals surface area (Å²) in [5, 5.41) is 12.2. The predicted molar refractivity (Wildman–Crippen MR) is 223 cm³/mol. The lowest BCUT2D eigenvalue weighted by atomic mass is 9.79. The first-order chi connectivity index (χ1) is 27.1. The van der Waals surface area contributed by atoms with Crippen LogP contribution in [-0.4, -0.2) is 19.6 Å². The molecule has 0 saturated carbocycles. The molecule has 0 atom stereocenters. The van der Waals surface area contributed by atoms with Crippen LogP contribution in [0.4, 0.5) is 0 Å². The Morgan fingerprint density at radius 3 is 1.96 bits per heavy atom. The van der Waals surface area contributed by atoms with E-state index in [2.05, 4.69) is 97.0 Å². The van der Waals surface area contributed by atoms with Gasteiger partial charge in [0.2, 0.25) is 0 Å². The fourth-order valence-corrected chi connectivity index (χ4v) is 6.86. The SMILES string of the molecule is [2H]c1c([2H])c([2H])c(-n2c(-c3cc(C(C)(C)C)cc(C(C)(C)C)c3O)nc3c(-c4cc(-c5cc(-c6cccc(C)c6)ccn5)cc(C(C)(C)C)c4)cccc32)c([2H])c1[2H]. The number of benzene rings is 5. The number of hydrogen-bond acceptors (Lipinski definition) is 3. The Labute approximate surface area is 322 Å². The molecule has 0 aliphatic heterocycles. The number of para-hydroxylation sites is 2. The molecule has 53 heavy (non-hydrogen) atoms. The molecule has 0 saturated heterocycles. The first-order valence-electron chi connectivity index (χ1n) is 20.7. The van der Waals surface area contributed by atoms with Crippen LogP contribution in [-0.2, 0) is 16.2 Å². The van der Waals surface area contributed by atoms with Gasteiger partial charge < -0.3 is 5.11 Å². The monoisotopic (exact) mass is 702 g/mol. The highest BCUT2D eigenvalue weighted by atomic mass is 16.3. The van der Waals surface area contributed by atoms with Gasteiger partial charge >= 0.3 is 0 Å². The summed E-state index contributed by atoms with van der Waals surface area (Å²) in [5.74, 6) is 0.303. The third kappa shape index (κ3) is 7.03. The van der Waals surface area contributed by atoms with Gasteiger partial charge in [0.25, 0.3) is 0 Å². The van der Waals surface area contributed by atoms with Gasteiger partial charge in [-0.2, -0.15) is 0 Å². The van der Waals surface area contributed by atoms with Crippen LogP contribution >= 0.6 is 0 Å². The van der Waals surface area contributed by atoms with Crippen molar-refractivity contribution in [1.29, 1.82) is 0 Å². The lowest BCUT2D eigenvalue weighted by Gasteiger charge is -2.27. The average molecular weight is 703 g/mol. The van der Waals surface area contributed by atoms with E-state index in [1.165, 1.54) is 5.56 Å². The van der Waals surface area contributed by atoms with E-state index in [1.54, 1.807) is 4.57 Å². The third-order valence-electron chi connectivity index (χ3n) is 9.94. The topological polar surface area (TPSA) is 50.9 Å². The highest BCUT2D eigenvalue weighted by Gasteiger charge is 2.29. The van der Waals surface area contributed by atoms with Crippen LogP contribution in [0.1, 0.15) is 91.4 Å². The first kappa shape index (κ1) is 30.0. The van der Waals surface area contributed by atoms with Crippen LogP contribution in [0.15, 0.2) is 121 Å². The number of fused-ring (bicyclic) bond motifs is 1. The summed E-state index contributed by atoms with van der Waals surface area (Å²) >= 11 is 0. The van der Waals surface area contributed by atoms with Gasteiger partial charge in [-0.3, -0.25) is 9.55 Å². The van der Waals surface area contributed by atoms with E-state index in [4.69, 9.17) is 16.8 Å². The summed E-state index contributed by atoms with van der Waals surface area (Å²) in [4.78, 5) is 10.2. The molecule has 0 unspecified atom stereocenters. The molecule has 0 fully saturated rings. The molecule has 0 aliphatic carbocycles. The van der Waals surface area contributed by atoms with E-state index in [0.29, 0.717) is 16.6 Å². The smallest absolute Gasteiger partial charge is 0.149 e. The van der Waals surface area contributed by atoms with E-state index in [0.717, 1.165) is 50.2 Å². The Hall–Kier alpha value is -5.48. The molecule has 0 bridgehead atoms. The molecule has 2 aromatic heterocycles. The molecule has 0 amide bonds. The van der Waals surface area contributed by atoms with Crippen molar-refractivity contribution in [3.05, 3.63) is 144 Å². The maximum Gasteiger partial charge on any atom is 0.149 e. The molecular formula is C49H51N3O. The van der Waals surface area contributed by atoms with Crippen molar-refractivity contribution in [3.8, 4) is 56.3 Å². The minimum atomic E-state index is -0.482. The van der Waals surface area contributed by atoms with E-state index >= 15 is 0 Å². The van der Waals surface area contributed by atoms with Crippen LogP contribution < -0.4 is 0 Å². The lowest BCUT2D eigenvalue weighted by Crippen LogP contribution is -2.17. The van der Waals surface area contributed by atoms with Crippen molar-refractivity contribution in [1.82, 2.24) is 14.5 Å². The van der Waals surface area contributed by atoms with Crippen molar-refractivity contribution < 1.29 is 12.0 Å². The second kappa shape index (κ2) is 13.2. The quantitative estimate of drug-likeness (QED) is 0.194. The van der Waals surface area contributed by atoms with E-state index in [1.807, 2.05) is 63.4 Å². The second-order valence-corrected chi connectivity index (χ2v) is 17.2. The van der Waals surface area contributed by atoms with Crippen LogP contribution in [0.5, 0.6) is 5.75 Å². The van der Waals surface area contributed by atoms with E-state index in [-0.39, 0.29) is 40.2 Å². The molecule has 1 N–H and O–H groups in total. The Kier molecular flexibility index (Phi) is 7.47. The minimum Gasteiger partial charge on any atom is -0.507 e. The average Bonchev–Trinajstić information content (AvgIpc) is 3.54. The standard InChI is InChI=1S/C49H51N3O/c1-31-16-14-17-32(24-31)33-22-23-50-42(28-33)35-25-34(26-36(27-35)47(2,3)4)39-20-15-21-43-44(39)51-46(52(43)38-18-12-11-13-19-38)40-29-37(48(5,6)7)30-41(45(40)53)49(8,9)10/h11-30,53H,1-10H3/i11D,12D,13D,18D,19D. The van der Waals surface area contributed by atoms with Gasteiger partial charge in [0.15, 0.2) is 0 Å². The number of aromatic hydroxyl groups is 1. The number of phenols is 1. The molecule has 0 aliphatic rings. The van der Waals surface area contributed by atoms with Gasteiger partial charge in [-0.1, -0.05) is 135 Å². The summed E-state index contributed by atoms with van der Waals surface area (Å²) in [6, 6.07) is 26.6. The maximum absolute atomic E-state index is 12.2. The Balaban J connectivity index is 1.58. The molecule has 4 nitrogen and oxygen atoms in total. The molecule has 5 aromatic carbocycles. The van der Waals surface area contributed by atoms with Gasteiger partial charge in [0, 0.05) is 28.6 Å². The fraction of sp³-hybridized carbons (Fsp3) is 0.265. The molecule has 7 rings (SSSR count). The number of nitrogens with zero attached hydrogens (tertiary/aromatic N) is 3. The van der Waals surface area contributed by atoms with Gasteiger partial charge in [-0.25, -0.2) is 4.98 Å². The van der Waals surface area contributed by atoms with Crippen molar-refractivity contribution in [2.24, 2.45) is 0 Å². The Morgan fingerprint density at radius 2 is 1.28 bits per heavy atom. The van der Waals surface area contributed by atoms with E-state index < -0.39 is 23.5 Å². The Bertz CT molecular complexity index is 2740. The molecule has 0 spiro atoms. The largest absolute Gasteiger partial charge is 0.507 e. The second-order valence-electron chi connectivity index (χ2n) is 17.2. The summed E-state index contributed by atoms with van der Waals surface area (Å²) < 4.78 is 45.5. The highest BCUT2D eigenvalue weighted by Crippen LogP contribution is 2.45. The van der Waals surface area contributed by atoms with Crippen molar-refractivity contribution >= 4 is 11.0 Å².